The van der Waals surface area contributed by atoms with Gasteiger partial charge in [-0.1, -0.05) is 0 Å². The van der Waals surface area contributed by atoms with Gasteiger partial charge in [0.25, 0.3) is 11.7 Å². The van der Waals surface area contributed by atoms with Crippen LogP contribution in [0.3, 0.4) is 0 Å². The van der Waals surface area contributed by atoms with Gasteiger partial charge >= 0.3 is 5.97 Å². The van der Waals surface area contributed by atoms with Gasteiger partial charge in [0.1, 0.15) is 11.5 Å². The first kappa shape index (κ1) is 15.0. The number of fused-ring (bicyclic) bond motifs is 1. The summed E-state index contributed by atoms with van der Waals surface area (Å²) in [6.07, 6.45) is 1.67. The fraction of sp³-hybridized carbons (Fsp3) is 0.429. The van der Waals surface area contributed by atoms with Crippen LogP contribution < -0.4 is 0 Å². The minimum Gasteiger partial charge on any atom is -0.463 e. The number of likely N-dealkylation sites (N-methyl/N-ethyl adjacent to an activating group) is 1. The average Bonchev–Trinajstić information content (AvgIpc) is 2.98. The Bertz CT molecular complexity index is 655. The highest BCUT2D eigenvalue weighted by Crippen LogP contribution is 2.28. The van der Waals surface area contributed by atoms with E-state index >= 15 is 0 Å². The van der Waals surface area contributed by atoms with Crippen LogP contribution >= 0.6 is 0 Å². The molecular weight excluding hydrogens is 274 g/mol. The second kappa shape index (κ2) is 5.51. The number of Topliss-reactive ketones (excluding diaryl/α,β-unsaturated/α-hetero) is 1. The van der Waals surface area contributed by atoms with Gasteiger partial charge in [0.05, 0.1) is 18.4 Å². The molecule has 2 rings (SSSR count). The molecule has 0 atom stereocenters. The lowest BCUT2D eigenvalue weighted by molar-refractivity contribution is -0.138. The van der Waals surface area contributed by atoms with E-state index in [1.54, 1.807) is 18.4 Å². The van der Waals surface area contributed by atoms with E-state index in [4.69, 9.17) is 4.74 Å². The van der Waals surface area contributed by atoms with Crippen LogP contribution in [0.2, 0.25) is 0 Å². The Morgan fingerprint density at radius 3 is 2.62 bits per heavy atom. The van der Waals surface area contributed by atoms with Gasteiger partial charge < -0.3 is 9.64 Å². The van der Waals surface area contributed by atoms with Crippen LogP contribution in [0.1, 0.15) is 30.2 Å². The summed E-state index contributed by atoms with van der Waals surface area (Å²) in [5.74, 6) is -1.14. The summed E-state index contributed by atoms with van der Waals surface area (Å²) in [6, 6.07) is 0. The van der Waals surface area contributed by atoms with Crippen molar-refractivity contribution in [2.75, 3.05) is 20.7 Å². The Hall–Kier alpha value is -2.44. The minimum absolute atomic E-state index is 0.167. The Labute approximate surface area is 122 Å². The van der Waals surface area contributed by atoms with Gasteiger partial charge in [-0.15, -0.1) is 0 Å². The standard InChI is InChI=1S/C14H17N3O4/c1-5-21-14(20)9-6-11-15-7-10(17(11)8(9)2)12(18)13(19)16(3)4/h7H,5-6H2,1-4H3. The molecule has 0 spiro atoms. The Balaban J connectivity index is 2.39. The van der Waals surface area contributed by atoms with Crippen LogP contribution in [0.25, 0.3) is 5.70 Å². The summed E-state index contributed by atoms with van der Waals surface area (Å²) in [6.45, 7) is 3.72. The van der Waals surface area contributed by atoms with E-state index < -0.39 is 17.7 Å². The molecule has 0 bridgehead atoms. The molecule has 1 aliphatic rings. The number of aromatic nitrogens is 2. The maximum Gasteiger partial charge on any atom is 0.336 e. The number of hydrogen-bond acceptors (Lipinski definition) is 5. The van der Waals surface area contributed by atoms with Gasteiger partial charge in [0.2, 0.25) is 0 Å². The van der Waals surface area contributed by atoms with E-state index in [0.29, 0.717) is 23.5 Å². The zero-order chi connectivity index (χ0) is 15.7. The summed E-state index contributed by atoms with van der Waals surface area (Å²) in [5, 5.41) is 0. The van der Waals surface area contributed by atoms with Crippen molar-refractivity contribution in [3.63, 3.8) is 0 Å². The molecule has 21 heavy (non-hydrogen) atoms. The first-order valence-corrected chi connectivity index (χ1v) is 6.58. The summed E-state index contributed by atoms with van der Waals surface area (Å²) in [4.78, 5) is 41.2. The predicted octanol–water partition coefficient (Wildman–Crippen LogP) is 0.504. The molecule has 1 amide bonds. The van der Waals surface area contributed by atoms with E-state index in [-0.39, 0.29) is 12.3 Å². The molecule has 112 valence electrons. The number of rotatable bonds is 4. The number of carbonyl (C=O) groups excluding carboxylic acids is 3. The number of hydrogen-bond donors (Lipinski definition) is 0. The first-order valence-electron chi connectivity index (χ1n) is 6.58. The highest BCUT2D eigenvalue weighted by atomic mass is 16.5. The van der Waals surface area contributed by atoms with Crippen LogP contribution in [0.5, 0.6) is 0 Å². The quantitative estimate of drug-likeness (QED) is 0.458. The third kappa shape index (κ3) is 2.46. The normalized spacial score (nSPS) is 13.1. The first-order chi connectivity index (χ1) is 9.88. The molecule has 0 aliphatic carbocycles. The number of ether oxygens (including phenoxy) is 1. The fourth-order valence-electron chi connectivity index (χ4n) is 2.22. The molecule has 2 heterocycles. The van der Waals surface area contributed by atoms with Crippen LogP contribution in [-0.4, -0.2) is 52.8 Å². The molecule has 0 radical (unpaired) electrons. The van der Waals surface area contributed by atoms with Crippen molar-refractivity contribution >= 4 is 23.4 Å². The lowest BCUT2D eigenvalue weighted by atomic mass is 10.2. The molecule has 1 aliphatic heterocycles. The van der Waals surface area contributed by atoms with Gasteiger partial charge in [-0.2, -0.15) is 0 Å². The molecule has 7 nitrogen and oxygen atoms in total. The van der Waals surface area contributed by atoms with Crippen LogP contribution in [0.4, 0.5) is 0 Å². The maximum atomic E-state index is 12.2. The van der Waals surface area contributed by atoms with E-state index in [2.05, 4.69) is 4.98 Å². The molecule has 0 saturated carbocycles. The van der Waals surface area contributed by atoms with Gasteiger partial charge in [-0.25, -0.2) is 9.78 Å². The zero-order valence-corrected chi connectivity index (χ0v) is 12.5. The molecule has 0 unspecified atom stereocenters. The molecule has 7 heteroatoms. The molecule has 0 fully saturated rings. The number of amides is 1. The second-order valence-corrected chi connectivity index (χ2v) is 4.88. The predicted molar refractivity (Wildman–Crippen MR) is 74.5 cm³/mol. The number of esters is 1. The Morgan fingerprint density at radius 2 is 2.05 bits per heavy atom. The largest absolute Gasteiger partial charge is 0.463 e. The molecule has 0 N–H and O–H groups in total. The van der Waals surface area contributed by atoms with E-state index in [0.717, 1.165) is 0 Å². The Morgan fingerprint density at radius 1 is 1.38 bits per heavy atom. The van der Waals surface area contributed by atoms with Crippen molar-refractivity contribution in [3.05, 3.63) is 23.3 Å². The van der Waals surface area contributed by atoms with Crippen LogP contribution in [-0.2, 0) is 20.7 Å². The number of imidazole rings is 1. The maximum absolute atomic E-state index is 12.2. The van der Waals surface area contributed by atoms with E-state index in [9.17, 15) is 14.4 Å². The molecule has 0 aromatic carbocycles. The highest BCUT2D eigenvalue weighted by molar-refractivity contribution is 6.42. The SMILES string of the molecule is CCOC(=O)C1=C(C)n2c(C(=O)C(=O)N(C)C)cnc2C1. The van der Waals surface area contributed by atoms with Crippen molar-refractivity contribution in [1.29, 1.82) is 0 Å². The summed E-state index contributed by atoms with van der Waals surface area (Å²) >= 11 is 0. The number of carbonyl (C=O) groups is 3. The van der Waals surface area contributed by atoms with Crippen molar-refractivity contribution in [3.8, 4) is 0 Å². The molecule has 1 aromatic rings. The zero-order valence-electron chi connectivity index (χ0n) is 12.5. The van der Waals surface area contributed by atoms with Gasteiger partial charge in [0, 0.05) is 26.2 Å². The van der Waals surface area contributed by atoms with Crippen molar-refractivity contribution in [2.24, 2.45) is 0 Å². The second-order valence-electron chi connectivity index (χ2n) is 4.88. The van der Waals surface area contributed by atoms with Gasteiger partial charge in [-0.3, -0.25) is 14.2 Å². The lowest BCUT2D eigenvalue weighted by Crippen LogP contribution is -2.31. The lowest BCUT2D eigenvalue weighted by Gasteiger charge is -2.10. The summed E-state index contributed by atoms with van der Waals surface area (Å²) in [7, 11) is 3.02. The minimum atomic E-state index is -0.650. The number of allylic oxidation sites excluding steroid dienone is 1. The topological polar surface area (TPSA) is 81.5 Å². The third-order valence-electron chi connectivity index (χ3n) is 3.30. The monoisotopic (exact) mass is 291 g/mol. The molecule has 0 saturated heterocycles. The van der Waals surface area contributed by atoms with Crippen molar-refractivity contribution in [1.82, 2.24) is 14.5 Å². The van der Waals surface area contributed by atoms with Crippen molar-refractivity contribution in [2.45, 2.75) is 20.3 Å². The van der Waals surface area contributed by atoms with Crippen molar-refractivity contribution < 1.29 is 19.1 Å². The van der Waals surface area contributed by atoms with Crippen LogP contribution in [0.15, 0.2) is 11.8 Å². The Kier molecular flexibility index (Phi) is 3.93. The number of ketones is 1. The highest BCUT2D eigenvalue weighted by Gasteiger charge is 2.31. The van der Waals surface area contributed by atoms with Gasteiger partial charge in [0.15, 0.2) is 0 Å². The summed E-state index contributed by atoms with van der Waals surface area (Å²) in [5.41, 5.74) is 1.21. The summed E-state index contributed by atoms with van der Waals surface area (Å²) < 4.78 is 6.54. The number of nitrogens with zero attached hydrogens (tertiary/aromatic N) is 3. The van der Waals surface area contributed by atoms with Crippen LogP contribution in [0, 0.1) is 0 Å². The van der Waals surface area contributed by atoms with E-state index in [1.807, 2.05) is 0 Å². The smallest absolute Gasteiger partial charge is 0.336 e. The van der Waals surface area contributed by atoms with E-state index in [1.165, 1.54) is 25.2 Å². The van der Waals surface area contributed by atoms with Gasteiger partial charge in [-0.05, 0) is 13.8 Å². The fourth-order valence-corrected chi connectivity index (χ4v) is 2.22. The molecule has 1 aromatic heterocycles. The third-order valence-corrected chi connectivity index (χ3v) is 3.30. The average molecular weight is 291 g/mol. The molecular formula is C14H17N3O4.